The zero-order valence-corrected chi connectivity index (χ0v) is 21.5. The number of carbonyl (C=O) groups is 2. The van der Waals surface area contributed by atoms with Crippen molar-refractivity contribution in [3.05, 3.63) is 10.6 Å². The van der Waals surface area contributed by atoms with Crippen LogP contribution in [0, 0.1) is 23.2 Å². The maximum atomic E-state index is 13.0. The van der Waals surface area contributed by atoms with Gasteiger partial charge in [0.05, 0.1) is 18.3 Å². The average Bonchev–Trinajstić information content (AvgIpc) is 3.09. The molecule has 32 heavy (non-hydrogen) atoms. The van der Waals surface area contributed by atoms with Gasteiger partial charge in [0.1, 0.15) is 0 Å². The number of likely N-dealkylation sites (N-methyl/N-ethyl adjacent to an activating group) is 1. The fourth-order valence-corrected chi connectivity index (χ4v) is 7.33. The molecule has 0 radical (unpaired) electrons. The van der Waals surface area contributed by atoms with Crippen LogP contribution < -0.4 is 5.32 Å². The van der Waals surface area contributed by atoms with Crippen molar-refractivity contribution in [3.8, 4) is 0 Å². The number of aliphatic hydroxyl groups is 1. The smallest absolute Gasteiger partial charge is 0.240 e. The molecule has 3 rings (SSSR count). The Labute approximate surface area is 196 Å². The van der Waals surface area contributed by atoms with Crippen LogP contribution in [0.25, 0.3) is 0 Å². The summed E-state index contributed by atoms with van der Waals surface area (Å²) in [7, 11) is 3.73. The molecule has 6 atom stereocenters. The molecule has 0 bridgehead atoms. The highest BCUT2D eigenvalue weighted by Gasteiger charge is 2.54. The minimum absolute atomic E-state index is 0.0300. The first-order valence-electron chi connectivity index (χ1n) is 11.9. The first-order chi connectivity index (χ1) is 15.0. The van der Waals surface area contributed by atoms with Crippen LogP contribution in [0.1, 0.15) is 63.9 Å². The quantitative estimate of drug-likeness (QED) is 0.647. The van der Waals surface area contributed by atoms with E-state index in [4.69, 9.17) is 4.98 Å². The molecular formula is C24H40N4O3S. The Hall–Kier alpha value is -1.51. The fraction of sp³-hybridized carbons (Fsp3) is 0.792. The second-order valence-electron chi connectivity index (χ2n) is 10.3. The average molecular weight is 465 g/mol. The molecule has 0 saturated heterocycles. The van der Waals surface area contributed by atoms with Gasteiger partial charge in [-0.2, -0.15) is 0 Å². The zero-order chi connectivity index (χ0) is 23.8. The minimum atomic E-state index is -0.542. The molecule has 1 fully saturated rings. The second kappa shape index (κ2) is 9.77. The maximum Gasteiger partial charge on any atom is 0.240 e. The van der Waals surface area contributed by atoms with Gasteiger partial charge in [-0.3, -0.25) is 9.59 Å². The van der Waals surface area contributed by atoms with Gasteiger partial charge < -0.3 is 20.2 Å². The van der Waals surface area contributed by atoms with Crippen LogP contribution in [0.5, 0.6) is 0 Å². The number of nitrogens with zero attached hydrogens (tertiary/aromatic N) is 3. The number of aliphatic hydroxyl groups excluding tert-OH is 1. The van der Waals surface area contributed by atoms with Crippen molar-refractivity contribution in [3.63, 3.8) is 0 Å². The Morgan fingerprint density at radius 1 is 1.31 bits per heavy atom. The van der Waals surface area contributed by atoms with Gasteiger partial charge in [0.2, 0.25) is 11.8 Å². The van der Waals surface area contributed by atoms with Crippen molar-refractivity contribution in [1.82, 2.24) is 14.8 Å². The summed E-state index contributed by atoms with van der Waals surface area (Å²) in [4.78, 5) is 34.9. The maximum absolute atomic E-state index is 13.0. The predicted molar refractivity (Wildman–Crippen MR) is 129 cm³/mol. The van der Waals surface area contributed by atoms with Crippen LogP contribution >= 0.6 is 11.3 Å². The van der Waals surface area contributed by atoms with Gasteiger partial charge in [-0.25, -0.2) is 4.98 Å². The van der Waals surface area contributed by atoms with Crippen molar-refractivity contribution < 1.29 is 14.7 Å². The van der Waals surface area contributed by atoms with E-state index < -0.39 is 6.10 Å². The highest BCUT2D eigenvalue weighted by atomic mass is 32.1. The third-order valence-electron chi connectivity index (χ3n) is 7.74. The van der Waals surface area contributed by atoms with Crippen LogP contribution in [0.4, 0.5) is 5.13 Å². The number of aromatic nitrogens is 1. The Balaban J connectivity index is 1.82. The summed E-state index contributed by atoms with van der Waals surface area (Å²) in [5.41, 5.74) is 0.970. The van der Waals surface area contributed by atoms with Crippen LogP contribution in [0.2, 0.25) is 0 Å². The molecule has 0 aromatic carbocycles. The Morgan fingerprint density at radius 2 is 1.97 bits per heavy atom. The molecule has 0 aliphatic heterocycles. The highest BCUT2D eigenvalue weighted by Crippen LogP contribution is 2.57. The molecule has 1 aromatic heterocycles. The van der Waals surface area contributed by atoms with Gasteiger partial charge in [-0.15, -0.1) is 11.3 Å². The Morgan fingerprint density at radius 3 is 2.56 bits per heavy atom. The topological polar surface area (TPSA) is 85.8 Å². The van der Waals surface area contributed by atoms with Gasteiger partial charge >= 0.3 is 0 Å². The number of fused-ring (bicyclic) bond motifs is 2. The summed E-state index contributed by atoms with van der Waals surface area (Å²) in [6.45, 7) is 12.1. The minimum Gasteiger partial charge on any atom is -0.392 e. The summed E-state index contributed by atoms with van der Waals surface area (Å²) in [5, 5.41) is 15.1. The fourth-order valence-electron chi connectivity index (χ4n) is 6.05. The predicted octanol–water partition coefficient (Wildman–Crippen LogP) is 3.20. The van der Waals surface area contributed by atoms with Gasteiger partial charge in [-0.05, 0) is 64.5 Å². The van der Waals surface area contributed by atoms with Gasteiger partial charge in [0.15, 0.2) is 5.13 Å². The van der Waals surface area contributed by atoms with Crippen LogP contribution in [-0.2, 0) is 16.0 Å². The molecule has 1 unspecified atom stereocenters. The number of hydrogen-bond donors (Lipinski definition) is 2. The van der Waals surface area contributed by atoms with E-state index in [1.807, 2.05) is 44.7 Å². The highest BCUT2D eigenvalue weighted by molar-refractivity contribution is 7.15. The molecule has 2 amide bonds. The number of anilines is 1. The van der Waals surface area contributed by atoms with E-state index in [1.54, 1.807) is 11.3 Å². The first kappa shape index (κ1) is 25.1. The Bertz CT molecular complexity index is 837. The lowest BCUT2D eigenvalue weighted by molar-refractivity contribution is -0.144. The molecule has 180 valence electrons. The van der Waals surface area contributed by atoms with Crippen LogP contribution in [0.15, 0.2) is 0 Å². The monoisotopic (exact) mass is 464 g/mol. The number of carbonyl (C=O) groups excluding carboxylic acids is 2. The van der Waals surface area contributed by atoms with Crippen molar-refractivity contribution in [2.75, 3.05) is 39.0 Å². The lowest BCUT2D eigenvalue weighted by Crippen LogP contribution is -2.53. The van der Waals surface area contributed by atoms with Gasteiger partial charge in [-0.1, -0.05) is 20.8 Å². The van der Waals surface area contributed by atoms with Crippen molar-refractivity contribution in [2.24, 2.45) is 23.2 Å². The summed E-state index contributed by atoms with van der Waals surface area (Å²) >= 11 is 1.57. The van der Waals surface area contributed by atoms with Crippen molar-refractivity contribution >= 4 is 28.3 Å². The third-order valence-corrected chi connectivity index (χ3v) is 8.72. The number of nitrogens with one attached hydrogen (secondary N) is 1. The van der Waals surface area contributed by atoms with E-state index in [-0.39, 0.29) is 40.9 Å². The second-order valence-corrected chi connectivity index (χ2v) is 11.3. The van der Waals surface area contributed by atoms with Crippen LogP contribution in [-0.4, -0.2) is 71.5 Å². The third kappa shape index (κ3) is 4.73. The summed E-state index contributed by atoms with van der Waals surface area (Å²) in [5.74, 6) is -0.0313. The van der Waals surface area contributed by atoms with Crippen molar-refractivity contribution in [1.29, 1.82) is 0 Å². The molecule has 2 aliphatic rings. The van der Waals surface area contributed by atoms with E-state index in [0.717, 1.165) is 25.0 Å². The van der Waals surface area contributed by atoms with E-state index in [9.17, 15) is 14.7 Å². The standard InChI is InChI=1S/C24H40N4O3S/c1-8-28(9-2)22(31)14(3)16-10-11-24(5)12-17-20(15(4)19(24)21(16)30)26-23(32-17)25-18(29)13-27(6)7/h14-16,19,21,30H,8-13H2,1-7H3,(H,25,26,29)/t14-,15-,16?,19+,21-,24-/m0/s1. The normalized spacial score (nSPS) is 30.4. The largest absolute Gasteiger partial charge is 0.392 e. The molecular weight excluding hydrogens is 424 g/mol. The molecule has 2 N–H and O–H groups in total. The SMILES string of the molecule is CCN(CC)C(=O)[C@@H](C)C1CC[C@@]2(C)Cc3sc(NC(=O)CN(C)C)nc3[C@@H](C)[C@@H]2[C@H]1O. The molecule has 1 saturated carbocycles. The molecule has 1 aromatic rings. The van der Waals surface area contributed by atoms with E-state index in [2.05, 4.69) is 19.2 Å². The number of rotatable bonds is 7. The number of hydrogen-bond acceptors (Lipinski definition) is 6. The first-order valence-corrected chi connectivity index (χ1v) is 12.7. The summed E-state index contributed by atoms with van der Waals surface area (Å²) in [6.07, 6.45) is 2.16. The summed E-state index contributed by atoms with van der Waals surface area (Å²) < 4.78 is 0. The van der Waals surface area contributed by atoms with E-state index >= 15 is 0 Å². The van der Waals surface area contributed by atoms with Crippen molar-refractivity contribution in [2.45, 2.75) is 65.9 Å². The summed E-state index contributed by atoms with van der Waals surface area (Å²) in [6, 6.07) is 0. The zero-order valence-electron chi connectivity index (χ0n) is 20.6. The van der Waals surface area contributed by atoms with Crippen LogP contribution in [0.3, 0.4) is 0 Å². The van der Waals surface area contributed by atoms with Gasteiger partial charge in [0, 0.05) is 29.8 Å². The number of amides is 2. The lowest BCUT2D eigenvalue weighted by atomic mass is 9.53. The molecule has 7 nitrogen and oxygen atoms in total. The van der Waals surface area contributed by atoms with E-state index in [0.29, 0.717) is 24.8 Å². The van der Waals surface area contributed by atoms with Gasteiger partial charge in [0.25, 0.3) is 0 Å². The molecule has 0 spiro atoms. The molecule has 2 aliphatic carbocycles. The number of thiazole rings is 1. The van der Waals surface area contributed by atoms with E-state index in [1.165, 1.54) is 4.88 Å². The molecule has 8 heteroatoms. The lowest BCUT2D eigenvalue weighted by Gasteiger charge is -2.53. The Kier molecular flexibility index (Phi) is 7.67. The molecule has 1 heterocycles.